The van der Waals surface area contributed by atoms with Crippen LogP contribution in [0.2, 0.25) is 0 Å². The van der Waals surface area contributed by atoms with Crippen molar-refractivity contribution >= 4 is 17.6 Å². The molecule has 0 N–H and O–H groups in total. The molecule has 3 nitrogen and oxygen atoms in total. The van der Waals surface area contributed by atoms with Crippen LogP contribution >= 0.6 is 0 Å². The molecule has 0 radical (unpaired) electrons. The van der Waals surface area contributed by atoms with E-state index in [-0.39, 0.29) is 5.97 Å². The molecule has 0 bridgehead atoms. The number of allylic oxidation sites excluding steroid dienone is 1. The van der Waals surface area contributed by atoms with Crippen molar-refractivity contribution in [3.05, 3.63) is 64.7 Å². The second kappa shape index (κ2) is 8.34. The predicted octanol–water partition coefficient (Wildman–Crippen LogP) is 4.99. The number of hydrogen-bond donors (Lipinski definition) is 0. The number of ether oxygens (including phenoxy) is 2. The lowest BCUT2D eigenvalue weighted by molar-refractivity contribution is 0.0600. The van der Waals surface area contributed by atoms with Crippen molar-refractivity contribution in [2.75, 3.05) is 14.2 Å². The standard InChI is InChI=1S/C19H18O3.C2H6/c1-21-18-9-7-13(8-10-18)14-3-4-16-12-17(19(20)22-2)6-5-15(16)11-14;1-2/h5-12H,3-4H2,1-2H3;1-2H3. The van der Waals surface area contributed by atoms with E-state index in [1.807, 2.05) is 44.2 Å². The molecule has 24 heavy (non-hydrogen) atoms. The van der Waals surface area contributed by atoms with Crippen LogP contribution in [0.3, 0.4) is 0 Å². The molecule has 0 saturated heterocycles. The van der Waals surface area contributed by atoms with E-state index >= 15 is 0 Å². The molecular weight excluding hydrogens is 300 g/mol. The number of benzene rings is 2. The third-order valence-electron chi connectivity index (χ3n) is 4.02. The fraction of sp³-hybridized carbons (Fsp3) is 0.286. The lowest BCUT2D eigenvalue weighted by Gasteiger charge is -2.17. The van der Waals surface area contributed by atoms with E-state index in [1.165, 1.54) is 29.4 Å². The van der Waals surface area contributed by atoms with Gasteiger partial charge in [0.2, 0.25) is 0 Å². The van der Waals surface area contributed by atoms with Crippen LogP contribution in [0, 0.1) is 0 Å². The lowest BCUT2D eigenvalue weighted by Crippen LogP contribution is -2.05. The summed E-state index contributed by atoms with van der Waals surface area (Å²) in [6, 6.07) is 13.9. The summed E-state index contributed by atoms with van der Waals surface area (Å²) in [5, 5.41) is 0. The Morgan fingerprint density at radius 2 is 1.67 bits per heavy atom. The zero-order chi connectivity index (χ0) is 17.5. The van der Waals surface area contributed by atoms with Crippen LogP contribution in [0.5, 0.6) is 5.75 Å². The van der Waals surface area contributed by atoms with Gasteiger partial charge in [-0.15, -0.1) is 0 Å². The minimum Gasteiger partial charge on any atom is -0.497 e. The Labute approximate surface area is 143 Å². The molecule has 0 spiro atoms. The second-order valence-electron chi connectivity index (χ2n) is 5.30. The first kappa shape index (κ1) is 17.8. The summed E-state index contributed by atoms with van der Waals surface area (Å²) in [5.41, 5.74) is 5.50. The van der Waals surface area contributed by atoms with Crippen LogP contribution in [0.4, 0.5) is 0 Å². The van der Waals surface area contributed by atoms with Gasteiger partial charge >= 0.3 is 5.97 Å². The van der Waals surface area contributed by atoms with Gasteiger partial charge < -0.3 is 9.47 Å². The largest absolute Gasteiger partial charge is 0.497 e. The van der Waals surface area contributed by atoms with Crippen LogP contribution in [0.15, 0.2) is 42.5 Å². The zero-order valence-corrected chi connectivity index (χ0v) is 14.8. The van der Waals surface area contributed by atoms with Gasteiger partial charge in [-0.2, -0.15) is 0 Å². The van der Waals surface area contributed by atoms with Crippen LogP contribution in [0.1, 0.15) is 47.3 Å². The summed E-state index contributed by atoms with van der Waals surface area (Å²) < 4.78 is 9.97. The molecule has 3 rings (SSSR count). The third kappa shape index (κ3) is 3.85. The first-order valence-electron chi connectivity index (χ1n) is 8.27. The average Bonchev–Trinajstić information content (AvgIpc) is 2.68. The molecule has 2 aromatic carbocycles. The maximum absolute atomic E-state index is 11.6. The molecule has 126 valence electrons. The summed E-state index contributed by atoms with van der Waals surface area (Å²) in [6.07, 6.45) is 4.09. The van der Waals surface area contributed by atoms with E-state index in [9.17, 15) is 4.79 Å². The number of esters is 1. The Hall–Kier alpha value is -2.55. The highest BCUT2D eigenvalue weighted by Crippen LogP contribution is 2.31. The molecule has 0 saturated carbocycles. The molecule has 0 fully saturated rings. The number of carbonyl (C=O) groups excluding carboxylic acids is 1. The molecule has 0 aromatic heterocycles. The molecule has 0 heterocycles. The van der Waals surface area contributed by atoms with Crippen molar-refractivity contribution in [3.8, 4) is 5.75 Å². The highest BCUT2D eigenvalue weighted by Gasteiger charge is 2.14. The van der Waals surface area contributed by atoms with Crippen molar-refractivity contribution in [2.45, 2.75) is 26.7 Å². The second-order valence-corrected chi connectivity index (χ2v) is 5.30. The average molecular weight is 324 g/mol. The molecule has 0 amide bonds. The van der Waals surface area contributed by atoms with Gasteiger partial charge in [0.05, 0.1) is 19.8 Å². The Balaban J connectivity index is 0.00000100. The van der Waals surface area contributed by atoms with E-state index in [0.29, 0.717) is 5.56 Å². The number of methoxy groups -OCH3 is 2. The first-order chi connectivity index (χ1) is 11.7. The fourth-order valence-electron chi connectivity index (χ4n) is 2.77. The normalized spacial score (nSPS) is 12.2. The molecule has 0 aliphatic heterocycles. The number of rotatable bonds is 3. The van der Waals surface area contributed by atoms with Gasteiger partial charge in [0, 0.05) is 0 Å². The Bertz CT molecular complexity index is 727. The van der Waals surface area contributed by atoms with Gasteiger partial charge in [-0.05, 0) is 59.4 Å². The zero-order valence-electron chi connectivity index (χ0n) is 14.8. The minimum absolute atomic E-state index is 0.285. The first-order valence-corrected chi connectivity index (χ1v) is 8.27. The summed E-state index contributed by atoms with van der Waals surface area (Å²) in [7, 11) is 3.08. The van der Waals surface area contributed by atoms with E-state index in [4.69, 9.17) is 9.47 Å². The molecule has 1 aliphatic carbocycles. The van der Waals surface area contributed by atoms with Crippen LogP contribution < -0.4 is 4.74 Å². The number of aryl methyl sites for hydroxylation is 1. The van der Waals surface area contributed by atoms with Crippen LogP contribution in [-0.4, -0.2) is 20.2 Å². The van der Waals surface area contributed by atoms with E-state index in [0.717, 1.165) is 18.6 Å². The minimum atomic E-state index is -0.285. The van der Waals surface area contributed by atoms with Gasteiger partial charge in [0.25, 0.3) is 0 Å². The summed E-state index contributed by atoms with van der Waals surface area (Å²) in [5.74, 6) is 0.580. The topological polar surface area (TPSA) is 35.5 Å². The number of fused-ring (bicyclic) bond motifs is 1. The van der Waals surface area contributed by atoms with Crippen LogP contribution in [-0.2, 0) is 11.2 Å². The van der Waals surface area contributed by atoms with E-state index in [2.05, 4.69) is 18.2 Å². The number of hydrogen-bond acceptors (Lipinski definition) is 3. The quantitative estimate of drug-likeness (QED) is 0.746. The van der Waals surface area contributed by atoms with Gasteiger partial charge in [0.1, 0.15) is 5.75 Å². The molecule has 1 aliphatic rings. The highest BCUT2D eigenvalue weighted by molar-refractivity contribution is 5.91. The highest BCUT2D eigenvalue weighted by atomic mass is 16.5. The van der Waals surface area contributed by atoms with Gasteiger partial charge in [-0.3, -0.25) is 0 Å². The Kier molecular flexibility index (Phi) is 6.19. The predicted molar refractivity (Wildman–Crippen MR) is 98.3 cm³/mol. The molecular formula is C21H24O3. The van der Waals surface area contributed by atoms with Crippen molar-refractivity contribution in [2.24, 2.45) is 0 Å². The van der Waals surface area contributed by atoms with Crippen LogP contribution in [0.25, 0.3) is 11.6 Å². The molecule has 0 unspecified atom stereocenters. The maximum atomic E-state index is 11.6. The smallest absolute Gasteiger partial charge is 0.337 e. The molecule has 0 atom stereocenters. The Morgan fingerprint density at radius 3 is 2.29 bits per heavy atom. The summed E-state index contributed by atoms with van der Waals surface area (Å²) in [4.78, 5) is 11.6. The molecule has 2 aromatic rings. The summed E-state index contributed by atoms with van der Waals surface area (Å²) in [6.45, 7) is 4.00. The van der Waals surface area contributed by atoms with Gasteiger partial charge in [-0.1, -0.05) is 38.1 Å². The molecule has 3 heteroatoms. The third-order valence-corrected chi connectivity index (χ3v) is 4.02. The summed E-state index contributed by atoms with van der Waals surface area (Å²) >= 11 is 0. The maximum Gasteiger partial charge on any atom is 0.337 e. The van der Waals surface area contributed by atoms with Crippen molar-refractivity contribution < 1.29 is 14.3 Å². The lowest BCUT2D eigenvalue weighted by atomic mass is 9.88. The van der Waals surface area contributed by atoms with Crippen molar-refractivity contribution in [3.63, 3.8) is 0 Å². The van der Waals surface area contributed by atoms with Crippen molar-refractivity contribution in [1.82, 2.24) is 0 Å². The fourth-order valence-corrected chi connectivity index (χ4v) is 2.77. The van der Waals surface area contributed by atoms with E-state index < -0.39 is 0 Å². The van der Waals surface area contributed by atoms with Gasteiger partial charge in [0.15, 0.2) is 0 Å². The van der Waals surface area contributed by atoms with Gasteiger partial charge in [-0.25, -0.2) is 4.79 Å². The number of carbonyl (C=O) groups is 1. The SMILES string of the molecule is CC.COC(=O)c1ccc2c(c1)CCC(c1ccc(OC)cc1)=C2. The Morgan fingerprint density at radius 1 is 0.958 bits per heavy atom. The monoisotopic (exact) mass is 324 g/mol. The van der Waals surface area contributed by atoms with Crippen molar-refractivity contribution in [1.29, 1.82) is 0 Å². The van der Waals surface area contributed by atoms with E-state index in [1.54, 1.807) is 7.11 Å².